The Morgan fingerprint density at radius 3 is 1.97 bits per heavy atom. The molecule has 0 aliphatic rings. The Morgan fingerprint density at radius 1 is 0.793 bits per heavy atom. The van der Waals surface area contributed by atoms with Crippen LogP contribution >= 0.6 is 0 Å². The molecule has 166 valence electrons. The van der Waals surface area contributed by atoms with Crippen molar-refractivity contribution in [2.45, 2.75) is 103 Å². The van der Waals surface area contributed by atoms with E-state index in [-0.39, 0.29) is 25.2 Å². The first kappa shape index (κ1) is 26.9. The Hall–Kier alpha value is -2.11. The van der Waals surface area contributed by atoms with Gasteiger partial charge in [-0.05, 0) is 44.9 Å². The number of unbranched alkanes of at least 4 members (excludes halogenated alkanes) is 8. The zero-order valence-corrected chi connectivity index (χ0v) is 17.9. The maximum absolute atomic E-state index is 11.8. The number of amides is 1. The lowest BCUT2D eigenvalue weighted by Gasteiger charge is -2.13. The quantitative estimate of drug-likeness (QED) is 0.200. The number of carboxylic acids is 2. The lowest BCUT2D eigenvalue weighted by Crippen LogP contribution is -2.41. The Bertz CT molecular complexity index is 513. The first-order chi connectivity index (χ1) is 14.0. The van der Waals surface area contributed by atoms with Gasteiger partial charge in [0.1, 0.15) is 6.04 Å². The van der Waals surface area contributed by atoms with Crippen molar-refractivity contribution in [1.82, 2.24) is 5.32 Å². The summed E-state index contributed by atoms with van der Waals surface area (Å²) in [5.74, 6) is -2.59. The third-order valence-electron chi connectivity index (χ3n) is 4.63. The minimum absolute atomic E-state index is 0.0986. The number of nitrogens with one attached hydrogen (secondary N) is 1. The van der Waals surface area contributed by atoms with Gasteiger partial charge in [-0.3, -0.25) is 9.59 Å². The molecule has 0 heterocycles. The predicted molar refractivity (Wildman–Crippen MR) is 116 cm³/mol. The van der Waals surface area contributed by atoms with Crippen molar-refractivity contribution in [1.29, 1.82) is 0 Å². The van der Waals surface area contributed by atoms with Gasteiger partial charge in [-0.2, -0.15) is 0 Å². The molecule has 0 aromatic carbocycles. The smallest absolute Gasteiger partial charge is 0.326 e. The van der Waals surface area contributed by atoms with Crippen molar-refractivity contribution >= 4 is 17.8 Å². The maximum atomic E-state index is 11.8. The summed E-state index contributed by atoms with van der Waals surface area (Å²) in [5, 5.41) is 20.0. The van der Waals surface area contributed by atoms with E-state index >= 15 is 0 Å². The fourth-order valence-electron chi connectivity index (χ4n) is 2.89. The zero-order chi connectivity index (χ0) is 21.7. The molecule has 0 radical (unpaired) electrons. The number of carboxylic acid groups (broad SMARTS) is 2. The van der Waals surface area contributed by atoms with Gasteiger partial charge in [-0.15, -0.1) is 0 Å². The molecular weight excluding hydrogens is 370 g/mol. The summed E-state index contributed by atoms with van der Waals surface area (Å²) in [6.45, 7) is 2.22. The number of hydrogen-bond donors (Lipinski definition) is 3. The van der Waals surface area contributed by atoms with Gasteiger partial charge in [0.2, 0.25) is 5.91 Å². The van der Waals surface area contributed by atoms with E-state index in [0.717, 1.165) is 44.9 Å². The Kier molecular flexibility index (Phi) is 17.8. The SMILES string of the molecule is CCCCC/C=C\C/C=C\CCCCCCCC(=O)N[C@@H](CCC(=O)O)C(=O)O. The fraction of sp³-hybridized carbons (Fsp3) is 0.696. The lowest BCUT2D eigenvalue weighted by molar-refractivity contribution is -0.143. The summed E-state index contributed by atoms with van der Waals surface area (Å²) in [7, 11) is 0. The van der Waals surface area contributed by atoms with Crippen LogP contribution in [0.15, 0.2) is 24.3 Å². The van der Waals surface area contributed by atoms with Gasteiger partial charge < -0.3 is 15.5 Å². The van der Waals surface area contributed by atoms with E-state index in [1.54, 1.807) is 0 Å². The second kappa shape index (κ2) is 19.2. The highest BCUT2D eigenvalue weighted by atomic mass is 16.4. The van der Waals surface area contributed by atoms with E-state index in [2.05, 4.69) is 36.5 Å². The molecule has 0 aliphatic heterocycles. The second-order valence-corrected chi connectivity index (χ2v) is 7.37. The Morgan fingerprint density at radius 2 is 1.38 bits per heavy atom. The number of hydrogen-bond acceptors (Lipinski definition) is 3. The van der Waals surface area contributed by atoms with Crippen LogP contribution in [-0.2, 0) is 14.4 Å². The van der Waals surface area contributed by atoms with E-state index in [1.165, 1.54) is 25.7 Å². The van der Waals surface area contributed by atoms with Crippen LogP contribution in [0.1, 0.15) is 96.8 Å². The molecule has 0 rings (SSSR count). The normalized spacial score (nSPS) is 12.4. The molecule has 0 aromatic heterocycles. The summed E-state index contributed by atoms with van der Waals surface area (Å²) in [5.41, 5.74) is 0. The number of carbonyl (C=O) groups is 3. The van der Waals surface area contributed by atoms with Crippen LogP contribution < -0.4 is 5.32 Å². The number of aliphatic carboxylic acids is 2. The van der Waals surface area contributed by atoms with Crippen LogP contribution in [0.4, 0.5) is 0 Å². The molecule has 3 N–H and O–H groups in total. The van der Waals surface area contributed by atoms with Crippen LogP contribution in [0.3, 0.4) is 0 Å². The molecule has 0 saturated heterocycles. The zero-order valence-electron chi connectivity index (χ0n) is 17.9. The van der Waals surface area contributed by atoms with E-state index in [0.29, 0.717) is 0 Å². The molecule has 0 bridgehead atoms. The highest BCUT2D eigenvalue weighted by molar-refractivity contribution is 5.83. The molecule has 6 heteroatoms. The highest BCUT2D eigenvalue weighted by Crippen LogP contribution is 2.09. The molecule has 0 unspecified atom stereocenters. The van der Waals surface area contributed by atoms with Crippen molar-refractivity contribution in [2.24, 2.45) is 0 Å². The van der Waals surface area contributed by atoms with E-state index < -0.39 is 18.0 Å². The van der Waals surface area contributed by atoms with Gasteiger partial charge in [0.05, 0.1) is 0 Å². The van der Waals surface area contributed by atoms with Crippen molar-refractivity contribution in [3.05, 3.63) is 24.3 Å². The molecule has 0 spiro atoms. The minimum atomic E-state index is -1.19. The third-order valence-corrected chi connectivity index (χ3v) is 4.63. The Labute approximate surface area is 175 Å². The van der Waals surface area contributed by atoms with E-state index in [1.807, 2.05) is 0 Å². The number of allylic oxidation sites excluding steroid dienone is 4. The van der Waals surface area contributed by atoms with Gasteiger partial charge in [-0.25, -0.2) is 4.79 Å². The molecule has 0 fully saturated rings. The van der Waals surface area contributed by atoms with Gasteiger partial charge in [0.15, 0.2) is 0 Å². The van der Waals surface area contributed by atoms with Crippen molar-refractivity contribution < 1.29 is 24.6 Å². The molecule has 0 aliphatic carbocycles. The van der Waals surface area contributed by atoms with Crippen molar-refractivity contribution in [3.8, 4) is 0 Å². The van der Waals surface area contributed by atoms with Crippen molar-refractivity contribution in [2.75, 3.05) is 0 Å². The maximum Gasteiger partial charge on any atom is 0.326 e. The highest BCUT2D eigenvalue weighted by Gasteiger charge is 2.20. The molecule has 6 nitrogen and oxygen atoms in total. The van der Waals surface area contributed by atoms with Gasteiger partial charge in [0, 0.05) is 12.8 Å². The monoisotopic (exact) mass is 409 g/mol. The fourth-order valence-corrected chi connectivity index (χ4v) is 2.89. The van der Waals surface area contributed by atoms with E-state index in [9.17, 15) is 14.4 Å². The molecule has 1 atom stereocenters. The number of carbonyl (C=O) groups excluding carboxylic acids is 1. The molecule has 29 heavy (non-hydrogen) atoms. The number of rotatable bonds is 19. The van der Waals surface area contributed by atoms with Gasteiger partial charge in [-0.1, -0.05) is 63.3 Å². The Balaban J connectivity index is 3.61. The van der Waals surface area contributed by atoms with Crippen LogP contribution in [-0.4, -0.2) is 34.1 Å². The largest absolute Gasteiger partial charge is 0.481 e. The third kappa shape index (κ3) is 19.0. The summed E-state index contributed by atoms with van der Waals surface area (Å²) in [6.07, 6.45) is 20.9. The standard InChI is InChI=1S/C23H39NO5/c1-2-3-4-5-6-7-8-9-10-11-12-13-14-15-16-17-21(25)24-20(23(28)29)18-19-22(26)27/h6-7,9-10,20H,2-5,8,11-19H2,1H3,(H,24,25)(H,26,27)(H,28,29)/b7-6-,10-9-/t20-/m0/s1. The summed E-state index contributed by atoms with van der Waals surface area (Å²) in [4.78, 5) is 33.4. The van der Waals surface area contributed by atoms with Crippen LogP contribution in [0.25, 0.3) is 0 Å². The molecule has 0 aromatic rings. The first-order valence-electron chi connectivity index (χ1n) is 11.0. The molecule has 1 amide bonds. The summed E-state index contributed by atoms with van der Waals surface area (Å²) < 4.78 is 0. The molecular formula is C23H39NO5. The van der Waals surface area contributed by atoms with Gasteiger partial charge in [0.25, 0.3) is 0 Å². The summed E-state index contributed by atoms with van der Waals surface area (Å²) >= 11 is 0. The minimum Gasteiger partial charge on any atom is -0.481 e. The van der Waals surface area contributed by atoms with Crippen LogP contribution in [0.5, 0.6) is 0 Å². The molecule has 0 saturated carbocycles. The lowest BCUT2D eigenvalue weighted by atomic mass is 10.1. The van der Waals surface area contributed by atoms with Crippen LogP contribution in [0, 0.1) is 0 Å². The average Bonchev–Trinajstić information content (AvgIpc) is 2.67. The van der Waals surface area contributed by atoms with Crippen molar-refractivity contribution in [3.63, 3.8) is 0 Å². The average molecular weight is 410 g/mol. The van der Waals surface area contributed by atoms with Crippen LogP contribution in [0.2, 0.25) is 0 Å². The van der Waals surface area contributed by atoms with Gasteiger partial charge >= 0.3 is 11.9 Å². The predicted octanol–water partition coefficient (Wildman–Crippen LogP) is 5.23. The topological polar surface area (TPSA) is 104 Å². The second-order valence-electron chi connectivity index (χ2n) is 7.37. The first-order valence-corrected chi connectivity index (χ1v) is 11.0. The van der Waals surface area contributed by atoms with E-state index in [4.69, 9.17) is 10.2 Å². The summed E-state index contributed by atoms with van der Waals surface area (Å²) in [6, 6.07) is -1.13.